The molecule has 0 unspecified atom stereocenters. The van der Waals surface area contributed by atoms with Crippen molar-refractivity contribution in [2.24, 2.45) is 5.92 Å². The monoisotopic (exact) mass is 559 g/mol. The number of urea groups is 1. The average Bonchev–Trinajstić information content (AvgIpc) is 3.42. The molecule has 0 aromatic heterocycles. The number of aliphatic hydroxyl groups is 2. The predicted molar refractivity (Wildman–Crippen MR) is 158 cm³/mol. The van der Waals surface area contributed by atoms with Gasteiger partial charge < -0.3 is 30.3 Å². The van der Waals surface area contributed by atoms with Gasteiger partial charge in [-0.3, -0.25) is 4.90 Å². The summed E-state index contributed by atoms with van der Waals surface area (Å²) < 4.78 is 13.2. The minimum absolute atomic E-state index is 0.00691. The van der Waals surface area contributed by atoms with Gasteiger partial charge in [0.25, 0.3) is 0 Å². The van der Waals surface area contributed by atoms with Crippen LogP contribution in [-0.4, -0.2) is 59.5 Å². The molecule has 2 saturated heterocycles. The zero-order chi connectivity index (χ0) is 28.8. The molecule has 2 amide bonds. The van der Waals surface area contributed by atoms with Gasteiger partial charge in [0.2, 0.25) is 0 Å². The predicted octanol–water partition coefficient (Wildman–Crippen LogP) is 4.52. The molecule has 3 aromatic carbocycles. The molecule has 5 atom stereocenters. The third-order valence-electron chi connectivity index (χ3n) is 8.04. The van der Waals surface area contributed by atoms with Crippen molar-refractivity contribution < 1.29 is 24.5 Å². The molecule has 2 aliphatic heterocycles. The first-order valence-corrected chi connectivity index (χ1v) is 14.6. The number of likely N-dealkylation sites (tertiary alicyclic amines) is 1. The van der Waals surface area contributed by atoms with Gasteiger partial charge in [-0.2, -0.15) is 0 Å². The lowest BCUT2D eigenvalue weighted by atomic mass is 9.90. The molecule has 0 radical (unpaired) electrons. The number of hydrogen-bond acceptors (Lipinski definition) is 6. The zero-order valence-electron chi connectivity index (χ0n) is 23.8. The molecular weight excluding hydrogens is 518 g/mol. The first-order chi connectivity index (χ1) is 19.9. The van der Waals surface area contributed by atoms with E-state index in [1.165, 1.54) is 0 Å². The number of rotatable bonds is 9. The molecule has 0 bridgehead atoms. The van der Waals surface area contributed by atoms with Crippen molar-refractivity contribution in [1.29, 1.82) is 0 Å². The second-order valence-electron chi connectivity index (χ2n) is 11.1. The molecule has 218 valence electrons. The summed E-state index contributed by atoms with van der Waals surface area (Å²) in [5, 5.41) is 25.2. The van der Waals surface area contributed by atoms with Crippen LogP contribution in [0.2, 0.25) is 0 Å². The SMILES string of the molecule is CCNC(=O)NCc1cccc(-c2ccc([C@H]3O[C@@H](CN4CC[C@H](O)C4)[C@@H](C)[C@@H](c4ccc(CO)cc4)O3)cc2)c1. The van der Waals surface area contributed by atoms with Crippen LogP contribution in [0.5, 0.6) is 0 Å². The highest BCUT2D eigenvalue weighted by atomic mass is 16.7. The summed E-state index contributed by atoms with van der Waals surface area (Å²) in [6.45, 7) is 7.37. The summed E-state index contributed by atoms with van der Waals surface area (Å²) in [6, 6.07) is 24.2. The number of nitrogens with zero attached hydrogens (tertiary/aromatic N) is 1. The third kappa shape index (κ3) is 7.33. The van der Waals surface area contributed by atoms with Crippen molar-refractivity contribution >= 4 is 6.03 Å². The highest BCUT2D eigenvalue weighted by Gasteiger charge is 2.39. The van der Waals surface area contributed by atoms with E-state index in [1.54, 1.807) is 0 Å². The number of nitrogens with one attached hydrogen (secondary N) is 2. The van der Waals surface area contributed by atoms with Crippen LogP contribution >= 0.6 is 0 Å². The number of ether oxygens (including phenoxy) is 2. The molecule has 41 heavy (non-hydrogen) atoms. The van der Waals surface area contributed by atoms with Gasteiger partial charge in [-0.1, -0.05) is 73.7 Å². The molecule has 8 heteroatoms. The fourth-order valence-corrected chi connectivity index (χ4v) is 5.66. The molecule has 8 nitrogen and oxygen atoms in total. The van der Waals surface area contributed by atoms with Gasteiger partial charge in [0.15, 0.2) is 6.29 Å². The summed E-state index contributed by atoms with van der Waals surface area (Å²) in [6.07, 6.45) is -0.272. The average molecular weight is 560 g/mol. The lowest BCUT2D eigenvalue weighted by molar-refractivity contribution is -0.276. The molecular formula is C33H41N3O5. The number of aliphatic hydroxyl groups excluding tert-OH is 2. The minimum Gasteiger partial charge on any atom is -0.392 e. The van der Waals surface area contributed by atoms with E-state index in [-0.39, 0.29) is 36.9 Å². The van der Waals surface area contributed by atoms with Crippen LogP contribution in [0.25, 0.3) is 11.1 Å². The molecule has 2 fully saturated rings. The Labute approximate surface area is 242 Å². The molecule has 2 aliphatic rings. The van der Waals surface area contributed by atoms with E-state index in [0.717, 1.165) is 52.9 Å². The van der Waals surface area contributed by atoms with E-state index in [2.05, 4.69) is 58.9 Å². The van der Waals surface area contributed by atoms with E-state index in [0.29, 0.717) is 19.6 Å². The van der Waals surface area contributed by atoms with Crippen LogP contribution in [-0.2, 0) is 22.6 Å². The summed E-state index contributed by atoms with van der Waals surface area (Å²) in [4.78, 5) is 14.1. The fourth-order valence-electron chi connectivity index (χ4n) is 5.66. The Morgan fingerprint density at radius 1 is 0.951 bits per heavy atom. The van der Waals surface area contributed by atoms with Gasteiger partial charge in [0, 0.05) is 44.2 Å². The third-order valence-corrected chi connectivity index (χ3v) is 8.04. The number of carbonyl (C=O) groups is 1. The van der Waals surface area contributed by atoms with E-state index in [1.807, 2.05) is 43.3 Å². The highest BCUT2D eigenvalue weighted by molar-refractivity contribution is 5.73. The van der Waals surface area contributed by atoms with Crippen LogP contribution in [0, 0.1) is 5.92 Å². The quantitative estimate of drug-likeness (QED) is 0.307. The van der Waals surface area contributed by atoms with Gasteiger partial charge in [0.1, 0.15) is 0 Å². The topological polar surface area (TPSA) is 103 Å². The van der Waals surface area contributed by atoms with Crippen LogP contribution < -0.4 is 10.6 Å². The highest BCUT2D eigenvalue weighted by Crippen LogP contribution is 2.42. The van der Waals surface area contributed by atoms with Gasteiger partial charge in [-0.25, -0.2) is 4.79 Å². The summed E-state index contributed by atoms with van der Waals surface area (Å²) in [5.74, 6) is 0.0963. The number of β-amino-alcohol motifs (C(OH)–C–C–N with tert-alkyl or cyclic N) is 1. The van der Waals surface area contributed by atoms with Gasteiger partial charge >= 0.3 is 6.03 Å². The number of benzene rings is 3. The second kappa shape index (κ2) is 13.6. The van der Waals surface area contributed by atoms with Crippen molar-refractivity contribution in [2.45, 2.75) is 58.0 Å². The molecule has 0 saturated carbocycles. The summed E-state index contributed by atoms with van der Waals surface area (Å²) in [7, 11) is 0. The molecule has 4 N–H and O–H groups in total. The number of hydrogen-bond donors (Lipinski definition) is 4. The van der Waals surface area contributed by atoms with Gasteiger partial charge in [0.05, 0.1) is 24.9 Å². The van der Waals surface area contributed by atoms with E-state index in [9.17, 15) is 15.0 Å². The molecule has 0 spiro atoms. The maximum absolute atomic E-state index is 11.8. The van der Waals surface area contributed by atoms with Crippen LogP contribution in [0.3, 0.4) is 0 Å². The Kier molecular flexibility index (Phi) is 9.69. The molecule has 5 rings (SSSR count). The Bertz CT molecular complexity index is 1280. The van der Waals surface area contributed by atoms with Crippen LogP contribution in [0.1, 0.15) is 54.9 Å². The van der Waals surface area contributed by atoms with Gasteiger partial charge in [-0.05, 0) is 47.2 Å². The Balaban J connectivity index is 1.33. The van der Waals surface area contributed by atoms with Crippen molar-refractivity contribution in [3.05, 3.63) is 95.1 Å². The van der Waals surface area contributed by atoms with Crippen molar-refractivity contribution in [1.82, 2.24) is 15.5 Å². The number of amides is 2. The van der Waals surface area contributed by atoms with Crippen molar-refractivity contribution in [3.63, 3.8) is 0 Å². The lowest BCUT2D eigenvalue weighted by Gasteiger charge is -2.42. The normalized spacial score (nSPS) is 24.7. The maximum Gasteiger partial charge on any atom is 0.315 e. The maximum atomic E-state index is 11.8. The van der Waals surface area contributed by atoms with Crippen LogP contribution in [0.15, 0.2) is 72.8 Å². The molecule has 2 heterocycles. The summed E-state index contributed by atoms with van der Waals surface area (Å²) >= 11 is 0. The zero-order valence-corrected chi connectivity index (χ0v) is 23.8. The molecule has 0 aliphatic carbocycles. The Morgan fingerprint density at radius 3 is 2.39 bits per heavy atom. The first-order valence-electron chi connectivity index (χ1n) is 14.6. The van der Waals surface area contributed by atoms with E-state index >= 15 is 0 Å². The van der Waals surface area contributed by atoms with E-state index < -0.39 is 6.29 Å². The summed E-state index contributed by atoms with van der Waals surface area (Å²) in [5.41, 5.74) is 6.03. The van der Waals surface area contributed by atoms with E-state index in [4.69, 9.17) is 9.47 Å². The van der Waals surface area contributed by atoms with Crippen molar-refractivity contribution in [3.8, 4) is 11.1 Å². The van der Waals surface area contributed by atoms with Gasteiger partial charge in [-0.15, -0.1) is 0 Å². The minimum atomic E-state index is -0.534. The Hall–Kier alpha value is -3.27. The first kappa shape index (κ1) is 29.2. The largest absolute Gasteiger partial charge is 0.392 e. The standard InChI is InChI=1S/C33H41N3O5/c1-3-34-33(39)35-18-24-5-4-6-28(17-24)25-11-13-27(14-12-25)32-40-30(20-36-16-15-29(38)19-36)22(2)31(41-32)26-9-7-23(21-37)8-10-26/h4-14,17,22,29-32,37-38H,3,15-16,18-21H2,1-2H3,(H2,34,35,39)/t22-,29+,30+,31+,32+/m1/s1. The Morgan fingerprint density at radius 2 is 1.71 bits per heavy atom. The second-order valence-corrected chi connectivity index (χ2v) is 11.1. The fraction of sp³-hybridized carbons (Fsp3) is 0.424. The lowest BCUT2D eigenvalue weighted by Crippen LogP contribution is -2.44. The smallest absolute Gasteiger partial charge is 0.315 e. The van der Waals surface area contributed by atoms with Crippen molar-refractivity contribution in [2.75, 3.05) is 26.2 Å². The van der Waals surface area contributed by atoms with Crippen LogP contribution in [0.4, 0.5) is 4.79 Å². The number of carbonyl (C=O) groups excluding carboxylic acids is 1. The molecule has 3 aromatic rings.